The molecule has 0 spiro atoms. The number of benzene rings is 1. The van der Waals surface area contributed by atoms with Gasteiger partial charge in [0.2, 0.25) is 0 Å². The first-order chi connectivity index (χ1) is 17.0. The van der Waals surface area contributed by atoms with Gasteiger partial charge in [0.1, 0.15) is 5.65 Å². The minimum absolute atomic E-state index is 0.0605. The quantitative estimate of drug-likeness (QED) is 0.459. The number of rotatable bonds is 5. The summed E-state index contributed by atoms with van der Waals surface area (Å²) < 4.78 is 1.59. The van der Waals surface area contributed by atoms with Gasteiger partial charge in [0.15, 0.2) is 0 Å². The molecule has 0 unspecified atom stereocenters. The van der Waals surface area contributed by atoms with Crippen LogP contribution in [0.3, 0.4) is 0 Å². The SMILES string of the molecule is Cn1cc(C(=O)Nc2cccc(C(=O)N3[C@H]4CC[C@H]3CC(Cc3ccnc5[nH]ccc35)C4)c2)cn1. The van der Waals surface area contributed by atoms with Gasteiger partial charge in [0.25, 0.3) is 11.8 Å². The van der Waals surface area contributed by atoms with E-state index in [0.29, 0.717) is 22.7 Å². The highest BCUT2D eigenvalue weighted by Crippen LogP contribution is 2.41. The van der Waals surface area contributed by atoms with E-state index >= 15 is 0 Å². The van der Waals surface area contributed by atoms with Crippen LogP contribution in [0.15, 0.2) is 61.2 Å². The van der Waals surface area contributed by atoms with Crippen LogP contribution in [0.25, 0.3) is 11.0 Å². The summed E-state index contributed by atoms with van der Waals surface area (Å²) in [7, 11) is 1.77. The second kappa shape index (κ2) is 8.69. The van der Waals surface area contributed by atoms with Crippen molar-refractivity contribution in [3.8, 4) is 0 Å². The predicted octanol–water partition coefficient (Wildman–Crippen LogP) is 4.17. The van der Waals surface area contributed by atoms with Crippen LogP contribution in [0, 0.1) is 5.92 Å². The third kappa shape index (κ3) is 4.09. The number of pyridine rings is 1. The van der Waals surface area contributed by atoms with E-state index in [1.165, 1.54) is 17.1 Å². The van der Waals surface area contributed by atoms with Crippen LogP contribution in [0.4, 0.5) is 5.69 Å². The number of aryl methyl sites for hydroxylation is 1. The molecular weight excluding hydrogens is 440 g/mol. The summed E-state index contributed by atoms with van der Waals surface area (Å²) >= 11 is 0. The second-order valence-corrected chi connectivity index (χ2v) is 9.79. The lowest BCUT2D eigenvalue weighted by Gasteiger charge is -2.39. The van der Waals surface area contributed by atoms with Crippen LogP contribution in [-0.4, -0.2) is 48.5 Å². The van der Waals surface area contributed by atoms with Gasteiger partial charge in [-0.05, 0) is 73.9 Å². The number of nitrogens with one attached hydrogen (secondary N) is 2. The number of amides is 2. The Bertz CT molecular complexity index is 1390. The maximum Gasteiger partial charge on any atom is 0.258 e. The van der Waals surface area contributed by atoms with Crippen LogP contribution in [-0.2, 0) is 13.5 Å². The second-order valence-electron chi connectivity index (χ2n) is 9.79. The molecule has 2 N–H and O–H groups in total. The Morgan fingerprint density at radius 1 is 1.11 bits per heavy atom. The topological polar surface area (TPSA) is 95.9 Å². The van der Waals surface area contributed by atoms with E-state index in [1.807, 2.05) is 30.6 Å². The fourth-order valence-electron chi connectivity index (χ4n) is 5.92. The summed E-state index contributed by atoms with van der Waals surface area (Å²) in [6.07, 6.45) is 12.2. The summed E-state index contributed by atoms with van der Waals surface area (Å²) in [5.74, 6) is 0.378. The lowest BCUT2D eigenvalue weighted by Crippen LogP contribution is -2.46. The number of anilines is 1. The molecule has 1 aromatic carbocycles. The molecule has 2 fully saturated rings. The van der Waals surface area contributed by atoms with Crippen molar-refractivity contribution in [2.24, 2.45) is 13.0 Å². The van der Waals surface area contributed by atoms with Crippen LogP contribution in [0.2, 0.25) is 0 Å². The third-order valence-corrected chi connectivity index (χ3v) is 7.46. The fourth-order valence-corrected chi connectivity index (χ4v) is 5.92. The van der Waals surface area contributed by atoms with Crippen molar-refractivity contribution in [3.63, 3.8) is 0 Å². The molecule has 178 valence electrons. The molecule has 2 aliphatic rings. The minimum atomic E-state index is -0.240. The number of fused-ring (bicyclic) bond motifs is 3. The fraction of sp³-hybridized carbons (Fsp3) is 0.333. The zero-order valence-electron chi connectivity index (χ0n) is 19.6. The molecule has 8 heteroatoms. The summed E-state index contributed by atoms with van der Waals surface area (Å²) in [6.45, 7) is 0. The standard InChI is InChI=1S/C27H28N6O2/c1-32-16-20(15-30-32)26(34)31-21-4-2-3-19(14-21)27(35)33-22-5-6-23(33)13-17(12-22)11-18-7-9-28-25-24(18)8-10-29-25/h2-4,7-10,14-17,22-23H,5-6,11-13H2,1H3,(H,28,29)(H,31,34)/t22-,23-/m0/s1. The van der Waals surface area contributed by atoms with Gasteiger partial charge in [0, 0.05) is 54.4 Å². The largest absolute Gasteiger partial charge is 0.346 e. The van der Waals surface area contributed by atoms with Crippen LogP contribution in [0.5, 0.6) is 0 Å². The molecule has 0 saturated carbocycles. The number of nitrogens with zero attached hydrogens (tertiary/aromatic N) is 4. The molecule has 5 heterocycles. The molecule has 2 saturated heterocycles. The highest BCUT2D eigenvalue weighted by molar-refractivity contribution is 6.05. The summed E-state index contributed by atoms with van der Waals surface area (Å²) in [6, 6.07) is 12.0. The van der Waals surface area contributed by atoms with Crippen molar-refractivity contribution in [1.82, 2.24) is 24.6 Å². The zero-order valence-corrected chi connectivity index (χ0v) is 19.6. The Morgan fingerprint density at radius 3 is 2.71 bits per heavy atom. The van der Waals surface area contributed by atoms with Gasteiger partial charge in [-0.1, -0.05) is 6.07 Å². The van der Waals surface area contributed by atoms with Crippen LogP contribution in [0.1, 0.15) is 52.0 Å². The van der Waals surface area contributed by atoms with Gasteiger partial charge >= 0.3 is 0 Å². The van der Waals surface area contributed by atoms with E-state index in [0.717, 1.165) is 37.8 Å². The number of carbonyl (C=O) groups excluding carboxylic acids is 2. The number of H-pyrrole nitrogens is 1. The van der Waals surface area contributed by atoms with Crippen LogP contribution < -0.4 is 5.32 Å². The Labute approximate surface area is 203 Å². The van der Waals surface area contributed by atoms with Crippen molar-refractivity contribution >= 4 is 28.5 Å². The molecule has 8 nitrogen and oxygen atoms in total. The Morgan fingerprint density at radius 2 is 1.94 bits per heavy atom. The molecule has 4 aromatic rings. The third-order valence-electron chi connectivity index (χ3n) is 7.46. The summed E-state index contributed by atoms with van der Waals surface area (Å²) in [4.78, 5) is 35.8. The van der Waals surface area contributed by atoms with E-state index in [2.05, 4.69) is 37.4 Å². The molecule has 2 bridgehead atoms. The summed E-state index contributed by atoms with van der Waals surface area (Å²) in [5.41, 5.74) is 3.98. The molecule has 2 aliphatic heterocycles. The smallest absolute Gasteiger partial charge is 0.258 e. The number of hydrogen-bond acceptors (Lipinski definition) is 4. The number of carbonyl (C=O) groups is 2. The number of aromatic amines is 1. The van der Waals surface area contributed by atoms with Crippen molar-refractivity contribution in [2.45, 2.75) is 44.2 Å². The van der Waals surface area contributed by atoms with Crippen molar-refractivity contribution in [2.75, 3.05) is 5.32 Å². The van der Waals surface area contributed by atoms with Gasteiger partial charge < -0.3 is 15.2 Å². The maximum absolute atomic E-state index is 13.6. The van der Waals surface area contributed by atoms with Gasteiger partial charge in [0.05, 0.1) is 11.8 Å². The molecule has 0 radical (unpaired) electrons. The molecule has 6 rings (SSSR count). The molecule has 0 aliphatic carbocycles. The first-order valence-electron chi connectivity index (χ1n) is 12.2. The van der Waals surface area contributed by atoms with E-state index in [4.69, 9.17) is 0 Å². The highest BCUT2D eigenvalue weighted by Gasteiger charge is 2.43. The van der Waals surface area contributed by atoms with E-state index in [1.54, 1.807) is 24.0 Å². The normalized spacial score (nSPS) is 21.4. The molecule has 35 heavy (non-hydrogen) atoms. The monoisotopic (exact) mass is 468 g/mol. The average molecular weight is 469 g/mol. The van der Waals surface area contributed by atoms with Crippen molar-refractivity contribution in [1.29, 1.82) is 0 Å². The number of piperidine rings is 1. The van der Waals surface area contributed by atoms with E-state index in [9.17, 15) is 9.59 Å². The summed E-state index contributed by atoms with van der Waals surface area (Å²) in [5, 5.41) is 8.13. The Kier molecular flexibility index (Phi) is 5.36. The van der Waals surface area contributed by atoms with Crippen molar-refractivity contribution < 1.29 is 9.59 Å². The molecule has 3 aromatic heterocycles. The highest BCUT2D eigenvalue weighted by atomic mass is 16.2. The van der Waals surface area contributed by atoms with Gasteiger partial charge in [-0.2, -0.15) is 5.10 Å². The van der Waals surface area contributed by atoms with Gasteiger partial charge in [-0.25, -0.2) is 4.98 Å². The molecule has 2 amide bonds. The predicted molar refractivity (Wildman–Crippen MR) is 133 cm³/mol. The zero-order chi connectivity index (χ0) is 23.9. The van der Waals surface area contributed by atoms with Crippen LogP contribution >= 0.6 is 0 Å². The molecule has 2 atom stereocenters. The van der Waals surface area contributed by atoms with Crippen molar-refractivity contribution in [3.05, 3.63) is 77.9 Å². The number of aromatic nitrogens is 4. The lowest BCUT2D eigenvalue weighted by atomic mass is 9.85. The number of hydrogen-bond donors (Lipinski definition) is 2. The average Bonchev–Trinajstić information content (AvgIpc) is 3.57. The van der Waals surface area contributed by atoms with Gasteiger partial charge in [-0.15, -0.1) is 0 Å². The van der Waals surface area contributed by atoms with E-state index < -0.39 is 0 Å². The Balaban J connectivity index is 1.15. The lowest BCUT2D eigenvalue weighted by molar-refractivity contribution is 0.0524. The minimum Gasteiger partial charge on any atom is -0.346 e. The van der Waals surface area contributed by atoms with Gasteiger partial charge in [-0.3, -0.25) is 14.3 Å². The maximum atomic E-state index is 13.6. The first-order valence-corrected chi connectivity index (χ1v) is 12.2. The van der Waals surface area contributed by atoms with E-state index in [-0.39, 0.29) is 23.9 Å². The molecular formula is C27H28N6O2. The first kappa shape index (κ1) is 21.6. The Hall–Kier alpha value is -3.94.